The van der Waals surface area contributed by atoms with Crippen LogP contribution in [-0.4, -0.2) is 12.4 Å². The number of rotatable bonds is 3. The lowest BCUT2D eigenvalue weighted by molar-refractivity contribution is 0.337. The van der Waals surface area contributed by atoms with Crippen LogP contribution in [0.5, 0.6) is 5.75 Å². The fraction of sp³-hybridized carbons (Fsp3) is 0.364. The first-order valence-corrected chi connectivity index (χ1v) is 4.65. The Labute approximate surface area is 84.4 Å². The number of ether oxygens (including phenoxy) is 1. The van der Waals surface area contributed by atoms with Crippen LogP contribution in [0.15, 0.2) is 12.1 Å². The summed E-state index contributed by atoms with van der Waals surface area (Å²) in [5.41, 5.74) is 8.35. The zero-order valence-electron chi connectivity index (χ0n) is 8.85. The summed E-state index contributed by atoms with van der Waals surface area (Å²) < 4.78 is 5.49. The van der Waals surface area contributed by atoms with Gasteiger partial charge in [-0.25, -0.2) is 0 Å². The van der Waals surface area contributed by atoms with E-state index in [9.17, 15) is 0 Å². The Morgan fingerprint density at radius 1 is 1.43 bits per heavy atom. The van der Waals surface area contributed by atoms with E-state index in [1.165, 1.54) is 0 Å². The Balaban J connectivity index is 3.29. The van der Waals surface area contributed by atoms with E-state index in [4.69, 9.17) is 15.9 Å². The van der Waals surface area contributed by atoms with Gasteiger partial charge in [-0.15, -0.1) is 0 Å². The van der Waals surface area contributed by atoms with Crippen molar-refractivity contribution in [2.75, 3.05) is 6.61 Å². The molecule has 0 aliphatic heterocycles. The van der Waals surface area contributed by atoms with Crippen molar-refractivity contribution in [2.24, 2.45) is 5.73 Å². The van der Waals surface area contributed by atoms with E-state index in [2.05, 4.69) is 0 Å². The summed E-state index contributed by atoms with van der Waals surface area (Å²) in [6.45, 7) is 6.50. The van der Waals surface area contributed by atoms with Crippen LogP contribution >= 0.6 is 0 Å². The molecule has 0 aliphatic rings. The number of amidine groups is 1. The van der Waals surface area contributed by atoms with Gasteiger partial charge in [-0.1, -0.05) is 6.07 Å². The highest BCUT2D eigenvalue weighted by atomic mass is 16.5. The predicted octanol–water partition coefficient (Wildman–Crippen LogP) is 1.99. The van der Waals surface area contributed by atoms with Gasteiger partial charge in [-0.2, -0.15) is 0 Å². The molecule has 1 aromatic carbocycles. The van der Waals surface area contributed by atoms with Crippen molar-refractivity contribution < 1.29 is 4.74 Å². The van der Waals surface area contributed by atoms with E-state index in [0.717, 1.165) is 16.9 Å². The van der Waals surface area contributed by atoms with Crippen molar-refractivity contribution in [2.45, 2.75) is 20.8 Å². The van der Waals surface area contributed by atoms with E-state index in [1.807, 2.05) is 32.9 Å². The number of aryl methyl sites for hydroxylation is 1. The first kappa shape index (κ1) is 10.6. The molecule has 0 aromatic heterocycles. The van der Waals surface area contributed by atoms with Crippen molar-refractivity contribution in [1.29, 1.82) is 5.41 Å². The second kappa shape index (κ2) is 4.13. The Morgan fingerprint density at radius 2 is 2.07 bits per heavy atom. The maximum Gasteiger partial charge on any atom is 0.133 e. The van der Waals surface area contributed by atoms with Crippen molar-refractivity contribution >= 4 is 5.84 Å². The second-order valence-corrected chi connectivity index (χ2v) is 3.23. The molecule has 0 bridgehead atoms. The Bertz CT molecular complexity index is 359. The quantitative estimate of drug-likeness (QED) is 0.568. The monoisotopic (exact) mass is 192 g/mol. The van der Waals surface area contributed by atoms with Crippen LogP contribution in [0.4, 0.5) is 0 Å². The third kappa shape index (κ3) is 1.87. The number of nitrogens with one attached hydrogen (secondary N) is 1. The SMILES string of the molecule is CCOc1c(C(=N)N)ccc(C)c1C. The summed E-state index contributed by atoms with van der Waals surface area (Å²) in [7, 11) is 0. The lowest BCUT2D eigenvalue weighted by Crippen LogP contribution is -2.14. The van der Waals surface area contributed by atoms with Crippen LogP contribution < -0.4 is 10.5 Å². The summed E-state index contributed by atoms with van der Waals surface area (Å²) in [6, 6.07) is 3.78. The van der Waals surface area contributed by atoms with Crippen LogP contribution in [0.25, 0.3) is 0 Å². The minimum absolute atomic E-state index is 0.0524. The van der Waals surface area contributed by atoms with Gasteiger partial charge in [0.25, 0.3) is 0 Å². The molecule has 3 N–H and O–H groups in total. The van der Waals surface area contributed by atoms with Gasteiger partial charge in [0.2, 0.25) is 0 Å². The normalized spacial score (nSPS) is 9.93. The molecule has 76 valence electrons. The highest BCUT2D eigenvalue weighted by Gasteiger charge is 2.10. The Kier molecular flexibility index (Phi) is 3.12. The van der Waals surface area contributed by atoms with E-state index in [-0.39, 0.29) is 5.84 Å². The van der Waals surface area contributed by atoms with Crippen LogP contribution in [0.2, 0.25) is 0 Å². The number of nitrogen functional groups attached to an aromatic ring is 1. The zero-order valence-corrected chi connectivity index (χ0v) is 8.85. The lowest BCUT2D eigenvalue weighted by atomic mass is 10.0. The van der Waals surface area contributed by atoms with Crippen LogP contribution in [0.3, 0.4) is 0 Å². The number of hydrogen-bond acceptors (Lipinski definition) is 2. The van der Waals surface area contributed by atoms with E-state index in [0.29, 0.717) is 12.2 Å². The minimum atomic E-state index is 0.0524. The van der Waals surface area contributed by atoms with Gasteiger partial charge in [0.05, 0.1) is 12.2 Å². The second-order valence-electron chi connectivity index (χ2n) is 3.23. The zero-order chi connectivity index (χ0) is 10.7. The molecule has 3 heteroatoms. The number of benzene rings is 1. The molecule has 0 unspecified atom stereocenters. The van der Waals surface area contributed by atoms with Crippen molar-refractivity contribution in [1.82, 2.24) is 0 Å². The standard InChI is InChI=1S/C11H16N2O/c1-4-14-10-8(3)7(2)5-6-9(10)11(12)13/h5-6H,4H2,1-3H3,(H3,12,13). The van der Waals surface area contributed by atoms with Crippen LogP contribution in [0, 0.1) is 19.3 Å². The van der Waals surface area contributed by atoms with Crippen molar-refractivity contribution in [3.63, 3.8) is 0 Å². The molecule has 0 fully saturated rings. The third-order valence-corrected chi connectivity index (χ3v) is 2.26. The van der Waals surface area contributed by atoms with Gasteiger partial charge < -0.3 is 10.5 Å². The average molecular weight is 192 g/mol. The highest BCUT2D eigenvalue weighted by Crippen LogP contribution is 2.25. The molecule has 0 saturated carbocycles. The summed E-state index contributed by atoms with van der Waals surface area (Å²) >= 11 is 0. The summed E-state index contributed by atoms with van der Waals surface area (Å²) in [6.07, 6.45) is 0. The molecule has 1 aromatic rings. The first-order chi connectivity index (χ1) is 6.57. The predicted molar refractivity (Wildman–Crippen MR) is 58.1 cm³/mol. The van der Waals surface area contributed by atoms with E-state index in [1.54, 1.807) is 0 Å². The first-order valence-electron chi connectivity index (χ1n) is 4.65. The molecular formula is C11H16N2O. The molecule has 0 heterocycles. The molecule has 0 radical (unpaired) electrons. The summed E-state index contributed by atoms with van der Waals surface area (Å²) in [5.74, 6) is 0.788. The fourth-order valence-electron chi connectivity index (χ4n) is 1.33. The minimum Gasteiger partial charge on any atom is -0.493 e. The smallest absolute Gasteiger partial charge is 0.133 e. The molecule has 3 nitrogen and oxygen atoms in total. The number of nitrogens with two attached hydrogens (primary N) is 1. The molecule has 1 rings (SSSR count). The molecule has 0 amide bonds. The van der Waals surface area contributed by atoms with Gasteiger partial charge >= 0.3 is 0 Å². The Morgan fingerprint density at radius 3 is 2.57 bits per heavy atom. The van der Waals surface area contributed by atoms with E-state index < -0.39 is 0 Å². The molecular weight excluding hydrogens is 176 g/mol. The summed E-state index contributed by atoms with van der Waals surface area (Å²) in [5, 5.41) is 7.42. The largest absolute Gasteiger partial charge is 0.493 e. The van der Waals surface area contributed by atoms with Crippen molar-refractivity contribution in [3.05, 3.63) is 28.8 Å². The fourth-order valence-corrected chi connectivity index (χ4v) is 1.33. The molecule has 14 heavy (non-hydrogen) atoms. The maximum absolute atomic E-state index is 7.42. The van der Waals surface area contributed by atoms with Crippen LogP contribution in [0.1, 0.15) is 23.6 Å². The Hall–Kier alpha value is -1.51. The molecule has 0 aliphatic carbocycles. The van der Waals surface area contributed by atoms with Crippen molar-refractivity contribution in [3.8, 4) is 5.75 Å². The van der Waals surface area contributed by atoms with Gasteiger partial charge in [0, 0.05) is 0 Å². The molecule has 0 atom stereocenters. The number of hydrogen-bond donors (Lipinski definition) is 2. The molecule has 0 saturated heterocycles. The van der Waals surface area contributed by atoms with Gasteiger partial charge in [-0.3, -0.25) is 5.41 Å². The highest BCUT2D eigenvalue weighted by molar-refractivity contribution is 5.98. The van der Waals surface area contributed by atoms with E-state index >= 15 is 0 Å². The summed E-state index contributed by atoms with van der Waals surface area (Å²) in [4.78, 5) is 0. The van der Waals surface area contributed by atoms with Gasteiger partial charge in [0.1, 0.15) is 11.6 Å². The average Bonchev–Trinajstić information content (AvgIpc) is 2.13. The maximum atomic E-state index is 7.42. The van der Waals surface area contributed by atoms with Crippen LogP contribution in [-0.2, 0) is 0 Å². The molecule has 0 spiro atoms. The van der Waals surface area contributed by atoms with Gasteiger partial charge in [-0.05, 0) is 38.0 Å². The third-order valence-electron chi connectivity index (χ3n) is 2.26. The topological polar surface area (TPSA) is 59.1 Å². The van der Waals surface area contributed by atoms with Gasteiger partial charge in [0.15, 0.2) is 0 Å². The lowest BCUT2D eigenvalue weighted by Gasteiger charge is -2.13.